The third kappa shape index (κ3) is 1.41. The molecular weight excluding hydrogens is 116 g/mol. The van der Waals surface area contributed by atoms with Gasteiger partial charge in [-0.3, -0.25) is 0 Å². The Kier molecular flexibility index (Phi) is 1.75. The van der Waals surface area contributed by atoms with Gasteiger partial charge in [0.1, 0.15) is 0 Å². The topological polar surface area (TPSA) is 72.3 Å². The lowest BCUT2D eigenvalue weighted by molar-refractivity contribution is 0.0557. The van der Waals surface area contributed by atoms with E-state index in [0.717, 1.165) is 12.8 Å². The Morgan fingerprint density at radius 1 is 1.67 bits per heavy atom. The van der Waals surface area contributed by atoms with Gasteiger partial charge in [0.15, 0.2) is 0 Å². The van der Waals surface area contributed by atoms with Gasteiger partial charge in [-0.15, -0.1) is 0 Å². The zero-order chi connectivity index (χ0) is 6.91. The van der Waals surface area contributed by atoms with E-state index in [2.05, 4.69) is 0 Å². The van der Waals surface area contributed by atoms with Crippen molar-refractivity contribution in [1.82, 2.24) is 0 Å². The predicted molar refractivity (Wildman–Crippen MR) is 35.8 cm³/mol. The molecule has 0 saturated heterocycles. The normalized spacial score (nSPS) is 43.7. The fourth-order valence-electron chi connectivity index (χ4n) is 1.33. The number of aliphatic hydroxyl groups is 1. The van der Waals surface area contributed by atoms with Crippen molar-refractivity contribution in [3.05, 3.63) is 0 Å². The molecule has 0 amide bonds. The zero-order valence-corrected chi connectivity index (χ0v) is 5.51. The van der Waals surface area contributed by atoms with E-state index in [-0.39, 0.29) is 6.04 Å². The van der Waals surface area contributed by atoms with Crippen molar-refractivity contribution in [2.75, 3.05) is 6.54 Å². The van der Waals surface area contributed by atoms with Gasteiger partial charge in [-0.2, -0.15) is 0 Å². The first-order chi connectivity index (χ1) is 4.16. The third-order valence-electron chi connectivity index (χ3n) is 2.00. The number of hydrogen-bond donors (Lipinski definition) is 3. The molecule has 9 heavy (non-hydrogen) atoms. The van der Waals surface area contributed by atoms with Crippen LogP contribution >= 0.6 is 0 Å². The molecule has 1 fully saturated rings. The second-order valence-electron chi connectivity index (χ2n) is 2.93. The van der Waals surface area contributed by atoms with Crippen molar-refractivity contribution in [2.24, 2.45) is 11.5 Å². The van der Waals surface area contributed by atoms with E-state index in [9.17, 15) is 5.11 Å². The SMILES string of the molecule is NCC1(O)CCC(N)C1. The van der Waals surface area contributed by atoms with Gasteiger partial charge in [-0.05, 0) is 19.3 Å². The summed E-state index contributed by atoms with van der Waals surface area (Å²) < 4.78 is 0. The minimum Gasteiger partial charge on any atom is -0.389 e. The highest BCUT2D eigenvalue weighted by Gasteiger charge is 2.33. The van der Waals surface area contributed by atoms with Crippen LogP contribution in [0.25, 0.3) is 0 Å². The van der Waals surface area contributed by atoms with Crippen LogP contribution in [0.2, 0.25) is 0 Å². The van der Waals surface area contributed by atoms with Gasteiger partial charge < -0.3 is 16.6 Å². The molecule has 5 N–H and O–H groups in total. The summed E-state index contributed by atoms with van der Waals surface area (Å²) in [6, 6.07) is 0.165. The molecule has 0 radical (unpaired) electrons. The molecule has 1 aliphatic rings. The van der Waals surface area contributed by atoms with Crippen LogP contribution in [0.5, 0.6) is 0 Å². The zero-order valence-electron chi connectivity index (χ0n) is 5.51. The summed E-state index contributed by atoms with van der Waals surface area (Å²) in [5.74, 6) is 0. The Morgan fingerprint density at radius 3 is 2.56 bits per heavy atom. The number of rotatable bonds is 1. The Labute approximate surface area is 55.0 Å². The molecule has 0 aromatic rings. The van der Waals surface area contributed by atoms with Gasteiger partial charge in [0, 0.05) is 12.6 Å². The van der Waals surface area contributed by atoms with Crippen molar-refractivity contribution in [3.8, 4) is 0 Å². The lowest BCUT2D eigenvalue weighted by atomic mass is 10.0. The number of nitrogens with two attached hydrogens (primary N) is 2. The van der Waals surface area contributed by atoms with Crippen molar-refractivity contribution in [3.63, 3.8) is 0 Å². The van der Waals surface area contributed by atoms with E-state index in [1.165, 1.54) is 0 Å². The first-order valence-corrected chi connectivity index (χ1v) is 3.34. The van der Waals surface area contributed by atoms with Gasteiger partial charge >= 0.3 is 0 Å². The summed E-state index contributed by atoms with van der Waals surface area (Å²) in [5, 5.41) is 9.47. The average Bonchev–Trinajstić information content (AvgIpc) is 2.13. The highest BCUT2D eigenvalue weighted by molar-refractivity contribution is 4.91. The summed E-state index contributed by atoms with van der Waals surface area (Å²) in [4.78, 5) is 0. The van der Waals surface area contributed by atoms with Gasteiger partial charge in [-0.1, -0.05) is 0 Å². The molecule has 1 rings (SSSR count). The Balaban J connectivity index is 2.45. The predicted octanol–water partition coefficient (Wildman–Crippen LogP) is -0.813. The summed E-state index contributed by atoms with van der Waals surface area (Å²) in [6.45, 7) is 0.348. The lowest BCUT2D eigenvalue weighted by Crippen LogP contribution is -2.36. The monoisotopic (exact) mass is 130 g/mol. The van der Waals surface area contributed by atoms with Crippen LogP contribution in [0.3, 0.4) is 0 Å². The van der Waals surface area contributed by atoms with E-state index in [0.29, 0.717) is 13.0 Å². The molecular formula is C6H14N2O. The van der Waals surface area contributed by atoms with E-state index >= 15 is 0 Å². The van der Waals surface area contributed by atoms with Crippen molar-refractivity contribution < 1.29 is 5.11 Å². The van der Waals surface area contributed by atoms with Crippen LogP contribution in [0.4, 0.5) is 0 Å². The van der Waals surface area contributed by atoms with Crippen LogP contribution in [0.1, 0.15) is 19.3 Å². The second kappa shape index (κ2) is 2.25. The maximum atomic E-state index is 9.47. The fraction of sp³-hybridized carbons (Fsp3) is 1.00. The van der Waals surface area contributed by atoms with Crippen molar-refractivity contribution in [1.29, 1.82) is 0 Å². The second-order valence-corrected chi connectivity index (χ2v) is 2.93. The smallest absolute Gasteiger partial charge is 0.0784 e. The molecule has 3 heteroatoms. The van der Waals surface area contributed by atoms with Gasteiger partial charge in [0.05, 0.1) is 5.60 Å². The highest BCUT2D eigenvalue weighted by atomic mass is 16.3. The lowest BCUT2D eigenvalue weighted by Gasteiger charge is -2.18. The Hall–Kier alpha value is -0.120. The minimum atomic E-state index is -0.639. The molecule has 54 valence electrons. The van der Waals surface area contributed by atoms with Crippen molar-refractivity contribution >= 4 is 0 Å². The molecule has 0 aromatic heterocycles. The first kappa shape index (κ1) is 6.99. The van der Waals surface area contributed by atoms with Crippen LogP contribution in [0.15, 0.2) is 0 Å². The Morgan fingerprint density at radius 2 is 2.33 bits per heavy atom. The summed E-state index contributed by atoms with van der Waals surface area (Å²) in [7, 11) is 0. The molecule has 3 nitrogen and oxygen atoms in total. The summed E-state index contributed by atoms with van der Waals surface area (Å²) in [6.07, 6.45) is 2.35. The van der Waals surface area contributed by atoms with Crippen LogP contribution in [0, 0.1) is 0 Å². The molecule has 1 aliphatic carbocycles. The maximum absolute atomic E-state index is 9.47. The van der Waals surface area contributed by atoms with Crippen LogP contribution in [-0.4, -0.2) is 23.3 Å². The van der Waals surface area contributed by atoms with Crippen molar-refractivity contribution in [2.45, 2.75) is 30.9 Å². The third-order valence-corrected chi connectivity index (χ3v) is 2.00. The molecule has 1 saturated carbocycles. The largest absolute Gasteiger partial charge is 0.389 e. The minimum absolute atomic E-state index is 0.165. The summed E-state index contributed by atoms with van der Waals surface area (Å²) in [5.41, 5.74) is 10.3. The molecule has 0 aromatic carbocycles. The van der Waals surface area contributed by atoms with E-state index in [1.54, 1.807) is 0 Å². The molecule has 0 spiro atoms. The van der Waals surface area contributed by atoms with E-state index < -0.39 is 5.60 Å². The van der Waals surface area contributed by atoms with E-state index in [4.69, 9.17) is 11.5 Å². The van der Waals surface area contributed by atoms with E-state index in [1.807, 2.05) is 0 Å². The Bertz CT molecular complexity index is 107. The van der Waals surface area contributed by atoms with Crippen LogP contribution < -0.4 is 11.5 Å². The molecule has 2 unspecified atom stereocenters. The molecule has 2 atom stereocenters. The first-order valence-electron chi connectivity index (χ1n) is 3.34. The fourth-order valence-corrected chi connectivity index (χ4v) is 1.33. The van der Waals surface area contributed by atoms with Gasteiger partial charge in [0.25, 0.3) is 0 Å². The molecule has 0 heterocycles. The number of hydrogen-bond acceptors (Lipinski definition) is 3. The highest BCUT2D eigenvalue weighted by Crippen LogP contribution is 2.27. The maximum Gasteiger partial charge on any atom is 0.0784 e. The molecule has 0 bridgehead atoms. The van der Waals surface area contributed by atoms with Crippen LogP contribution in [-0.2, 0) is 0 Å². The average molecular weight is 130 g/mol. The molecule has 0 aliphatic heterocycles. The standard InChI is InChI=1S/C6H14N2O/c7-4-6(9)2-1-5(8)3-6/h5,9H,1-4,7-8H2. The van der Waals surface area contributed by atoms with Gasteiger partial charge in [0.2, 0.25) is 0 Å². The van der Waals surface area contributed by atoms with Gasteiger partial charge in [-0.25, -0.2) is 0 Å². The summed E-state index contributed by atoms with van der Waals surface area (Å²) >= 11 is 0. The quantitative estimate of drug-likeness (QED) is 0.434.